The van der Waals surface area contributed by atoms with Gasteiger partial charge >= 0.3 is 5.97 Å². The summed E-state index contributed by atoms with van der Waals surface area (Å²) in [5.41, 5.74) is 6.02. The van der Waals surface area contributed by atoms with E-state index >= 15 is 0 Å². The number of amides is 1. The SMILES string of the molecule is CCOC(=O)c1ccc2c(c1)NC(=O)C2=C(Nc1ccc(CN2CCC(OC)CC2)cc1)c1ccccc1. The van der Waals surface area contributed by atoms with Gasteiger partial charge in [-0.15, -0.1) is 0 Å². The molecule has 3 aromatic rings. The van der Waals surface area contributed by atoms with E-state index in [1.165, 1.54) is 5.56 Å². The Morgan fingerprint density at radius 1 is 1.00 bits per heavy atom. The van der Waals surface area contributed by atoms with E-state index in [1.807, 2.05) is 30.3 Å². The third-order valence-electron chi connectivity index (χ3n) is 7.09. The lowest BCUT2D eigenvalue weighted by atomic mass is 9.99. The highest BCUT2D eigenvalue weighted by Crippen LogP contribution is 2.38. The first-order valence-electron chi connectivity index (χ1n) is 13.1. The number of carbonyl (C=O) groups excluding carboxylic acids is 2. The number of nitrogens with zero attached hydrogens (tertiary/aromatic N) is 1. The van der Waals surface area contributed by atoms with Crippen molar-refractivity contribution < 1.29 is 19.1 Å². The molecule has 0 spiro atoms. The van der Waals surface area contributed by atoms with Gasteiger partial charge in [0.25, 0.3) is 5.91 Å². The average Bonchev–Trinajstić information content (AvgIpc) is 3.28. The molecule has 7 heteroatoms. The highest BCUT2D eigenvalue weighted by molar-refractivity contribution is 6.37. The summed E-state index contributed by atoms with van der Waals surface area (Å²) in [6, 6.07) is 23.3. The molecule has 2 N–H and O–H groups in total. The molecule has 0 aliphatic carbocycles. The van der Waals surface area contributed by atoms with Crippen LogP contribution in [0.3, 0.4) is 0 Å². The van der Waals surface area contributed by atoms with Crippen LogP contribution in [0.4, 0.5) is 11.4 Å². The van der Waals surface area contributed by atoms with E-state index in [0.717, 1.165) is 49.3 Å². The summed E-state index contributed by atoms with van der Waals surface area (Å²) < 4.78 is 10.6. The summed E-state index contributed by atoms with van der Waals surface area (Å²) in [5, 5.41) is 6.43. The quantitative estimate of drug-likeness (QED) is 0.311. The van der Waals surface area contributed by atoms with Gasteiger partial charge in [0.1, 0.15) is 0 Å². The standard InChI is InChI=1S/C31H33N3O4/c1-3-38-31(36)23-11-14-26-27(19-23)33-30(35)28(26)29(22-7-5-4-6-8-22)32-24-12-9-21(10-13-24)20-34-17-15-25(37-2)16-18-34/h4-14,19,25,32H,3,15-18,20H2,1-2H3,(H,33,35). The van der Waals surface area contributed by atoms with Crippen LogP contribution in [-0.2, 0) is 20.8 Å². The summed E-state index contributed by atoms with van der Waals surface area (Å²) >= 11 is 0. The summed E-state index contributed by atoms with van der Waals surface area (Å²) in [6.07, 6.45) is 2.50. The molecule has 2 heterocycles. The number of carbonyl (C=O) groups is 2. The third kappa shape index (κ3) is 5.64. The van der Waals surface area contributed by atoms with E-state index < -0.39 is 5.97 Å². The average molecular weight is 512 g/mol. The molecule has 0 radical (unpaired) electrons. The molecular weight excluding hydrogens is 478 g/mol. The molecule has 5 rings (SSSR count). The van der Waals surface area contributed by atoms with Gasteiger partial charge in [0.15, 0.2) is 0 Å². The molecule has 0 aromatic heterocycles. The molecule has 196 valence electrons. The topological polar surface area (TPSA) is 79.9 Å². The Morgan fingerprint density at radius 2 is 1.74 bits per heavy atom. The van der Waals surface area contributed by atoms with Crippen LogP contribution in [0.5, 0.6) is 0 Å². The Bertz CT molecular complexity index is 1330. The molecule has 38 heavy (non-hydrogen) atoms. The van der Waals surface area contributed by atoms with Crippen molar-refractivity contribution in [2.75, 3.05) is 37.4 Å². The lowest BCUT2D eigenvalue weighted by molar-refractivity contribution is -0.110. The van der Waals surface area contributed by atoms with Gasteiger partial charge in [-0.25, -0.2) is 4.79 Å². The van der Waals surface area contributed by atoms with Crippen LogP contribution in [-0.4, -0.2) is 49.7 Å². The number of benzene rings is 3. The van der Waals surface area contributed by atoms with E-state index in [9.17, 15) is 9.59 Å². The fourth-order valence-electron chi connectivity index (χ4n) is 5.05. The number of anilines is 2. The molecular formula is C31H33N3O4. The molecule has 1 fully saturated rings. The van der Waals surface area contributed by atoms with E-state index in [2.05, 4.69) is 39.8 Å². The smallest absolute Gasteiger partial charge is 0.338 e. The number of hydrogen-bond acceptors (Lipinski definition) is 6. The molecule has 0 atom stereocenters. The van der Waals surface area contributed by atoms with Crippen molar-refractivity contribution in [3.8, 4) is 0 Å². The van der Waals surface area contributed by atoms with Gasteiger partial charge in [-0.2, -0.15) is 0 Å². The first-order valence-corrected chi connectivity index (χ1v) is 13.1. The van der Waals surface area contributed by atoms with Crippen LogP contribution in [0.25, 0.3) is 11.3 Å². The van der Waals surface area contributed by atoms with Gasteiger partial charge in [-0.3, -0.25) is 9.69 Å². The molecule has 0 saturated carbocycles. The van der Waals surface area contributed by atoms with Crippen molar-refractivity contribution in [3.63, 3.8) is 0 Å². The van der Waals surface area contributed by atoms with Crippen molar-refractivity contribution >= 4 is 34.5 Å². The summed E-state index contributed by atoms with van der Waals surface area (Å²) in [4.78, 5) is 27.9. The van der Waals surface area contributed by atoms with Crippen molar-refractivity contribution in [2.45, 2.75) is 32.4 Å². The third-order valence-corrected chi connectivity index (χ3v) is 7.09. The number of ether oxygens (including phenoxy) is 2. The maximum absolute atomic E-state index is 13.2. The zero-order chi connectivity index (χ0) is 26.5. The Balaban J connectivity index is 1.41. The largest absolute Gasteiger partial charge is 0.462 e. The maximum atomic E-state index is 13.2. The normalized spacial score (nSPS) is 17.1. The van der Waals surface area contributed by atoms with Gasteiger partial charge in [-0.1, -0.05) is 48.5 Å². The number of esters is 1. The van der Waals surface area contributed by atoms with E-state index in [4.69, 9.17) is 9.47 Å². The molecule has 1 amide bonds. The summed E-state index contributed by atoms with van der Waals surface area (Å²) in [6.45, 7) is 5.04. The lowest BCUT2D eigenvalue weighted by Crippen LogP contribution is -2.36. The molecule has 1 saturated heterocycles. The van der Waals surface area contributed by atoms with E-state index in [0.29, 0.717) is 35.2 Å². The second kappa shape index (κ2) is 11.6. The van der Waals surface area contributed by atoms with Gasteiger partial charge in [0.05, 0.1) is 35.2 Å². The Hall–Kier alpha value is -3.94. The second-order valence-electron chi connectivity index (χ2n) is 9.58. The van der Waals surface area contributed by atoms with Crippen LogP contribution in [0, 0.1) is 0 Å². The van der Waals surface area contributed by atoms with Crippen LogP contribution < -0.4 is 10.6 Å². The van der Waals surface area contributed by atoms with Gasteiger partial charge < -0.3 is 20.1 Å². The van der Waals surface area contributed by atoms with Crippen LogP contribution in [0.15, 0.2) is 72.8 Å². The fraction of sp³-hybridized carbons (Fsp3) is 0.290. The first-order chi connectivity index (χ1) is 18.6. The number of methoxy groups -OCH3 is 1. The fourth-order valence-corrected chi connectivity index (χ4v) is 5.05. The van der Waals surface area contributed by atoms with Gasteiger partial charge in [0, 0.05) is 38.0 Å². The van der Waals surface area contributed by atoms with Crippen molar-refractivity contribution in [1.82, 2.24) is 4.90 Å². The van der Waals surface area contributed by atoms with E-state index in [1.54, 1.807) is 32.2 Å². The highest BCUT2D eigenvalue weighted by atomic mass is 16.5. The molecule has 3 aromatic carbocycles. The number of piperidine rings is 1. The number of fused-ring (bicyclic) bond motifs is 1. The predicted octanol–water partition coefficient (Wildman–Crippen LogP) is 5.41. The van der Waals surface area contributed by atoms with Crippen LogP contribution in [0.1, 0.15) is 46.8 Å². The number of nitrogens with one attached hydrogen (secondary N) is 2. The molecule has 7 nitrogen and oxygen atoms in total. The van der Waals surface area contributed by atoms with Crippen molar-refractivity contribution in [1.29, 1.82) is 0 Å². The number of likely N-dealkylation sites (tertiary alicyclic amines) is 1. The second-order valence-corrected chi connectivity index (χ2v) is 9.58. The zero-order valence-electron chi connectivity index (χ0n) is 21.8. The summed E-state index contributed by atoms with van der Waals surface area (Å²) in [7, 11) is 1.79. The first kappa shape index (κ1) is 25.7. The number of rotatable bonds is 8. The Kier molecular flexibility index (Phi) is 7.86. The monoisotopic (exact) mass is 511 g/mol. The molecule has 0 unspecified atom stereocenters. The predicted molar refractivity (Wildman–Crippen MR) is 150 cm³/mol. The Morgan fingerprint density at radius 3 is 2.42 bits per heavy atom. The Labute approximate surface area is 223 Å². The molecule has 2 aliphatic heterocycles. The highest BCUT2D eigenvalue weighted by Gasteiger charge is 2.29. The van der Waals surface area contributed by atoms with E-state index in [-0.39, 0.29) is 5.91 Å². The number of hydrogen-bond donors (Lipinski definition) is 2. The van der Waals surface area contributed by atoms with Crippen molar-refractivity contribution in [3.05, 3.63) is 95.1 Å². The van der Waals surface area contributed by atoms with Gasteiger partial charge in [-0.05, 0) is 55.2 Å². The molecule has 2 aliphatic rings. The van der Waals surface area contributed by atoms with Gasteiger partial charge in [0.2, 0.25) is 0 Å². The minimum absolute atomic E-state index is 0.219. The molecule has 0 bridgehead atoms. The van der Waals surface area contributed by atoms with Crippen LogP contribution >= 0.6 is 0 Å². The lowest BCUT2D eigenvalue weighted by Gasteiger charge is -2.31. The minimum atomic E-state index is -0.411. The maximum Gasteiger partial charge on any atom is 0.338 e. The summed E-state index contributed by atoms with van der Waals surface area (Å²) in [5.74, 6) is -0.630. The zero-order valence-corrected chi connectivity index (χ0v) is 21.8. The van der Waals surface area contributed by atoms with Crippen molar-refractivity contribution in [2.24, 2.45) is 0 Å². The van der Waals surface area contributed by atoms with Crippen LogP contribution in [0.2, 0.25) is 0 Å². The minimum Gasteiger partial charge on any atom is -0.462 e.